The molecule has 2 N–H and O–H groups in total. The Balaban J connectivity index is 1.64. The summed E-state index contributed by atoms with van der Waals surface area (Å²) in [6.45, 7) is 5.95. The van der Waals surface area contributed by atoms with E-state index in [0.717, 1.165) is 23.5 Å². The predicted octanol–water partition coefficient (Wildman–Crippen LogP) is 4.22. The van der Waals surface area contributed by atoms with Crippen molar-refractivity contribution in [2.45, 2.75) is 12.8 Å². The second-order valence-corrected chi connectivity index (χ2v) is 13.9. The summed E-state index contributed by atoms with van der Waals surface area (Å²) >= 11 is 1.71. The van der Waals surface area contributed by atoms with E-state index in [1.54, 1.807) is 24.3 Å². The molecule has 154 valence electrons. The number of hydrogen-bond donors (Lipinski definition) is 1. The van der Waals surface area contributed by atoms with Gasteiger partial charge in [-0.1, -0.05) is 33.9 Å². The third-order valence-electron chi connectivity index (χ3n) is 5.60. The van der Waals surface area contributed by atoms with Crippen LogP contribution in [0.15, 0.2) is 52.6 Å². The molecule has 1 aromatic carbocycles. The highest BCUT2D eigenvalue weighted by atomic mass is 32.3. The molecular weight excluding hydrogens is 390 g/mol. The van der Waals surface area contributed by atoms with Crippen molar-refractivity contribution < 1.29 is 13.7 Å². The average molecular weight is 422 g/mol. The Labute approximate surface area is 172 Å². The monoisotopic (exact) mass is 421 g/mol. The highest BCUT2D eigenvalue weighted by molar-refractivity contribution is 8.22. The second-order valence-electron chi connectivity index (χ2n) is 8.13. The van der Waals surface area contributed by atoms with Gasteiger partial charge in [-0.3, -0.25) is 4.21 Å². The van der Waals surface area contributed by atoms with Crippen LogP contribution in [0.2, 0.25) is 0 Å². The van der Waals surface area contributed by atoms with Gasteiger partial charge in [0.25, 0.3) is 0 Å². The molecule has 0 aromatic heterocycles. The van der Waals surface area contributed by atoms with Crippen LogP contribution in [0, 0.1) is 11.8 Å². The fraction of sp³-hybridized carbons (Fsp3) is 0.455. The van der Waals surface area contributed by atoms with Crippen LogP contribution in [0.1, 0.15) is 18.4 Å². The quantitative estimate of drug-likeness (QED) is 0.714. The lowest BCUT2D eigenvalue weighted by molar-refractivity contribution is 0.0106. The molecule has 28 heavy (non-hydrogen) atoms. The molecule has 2 atom stereocenters. The highest BCUT2D eigenvalue weighted by Crippen LogP contribution is 2.39. The van der Waals surface area contributed by atoms with Gasteiger partial charge in [-0.25, -0.2) is 0 Å². The van der Waals surface area contributed by atoms with Crippen molar-refractivity contribution in [3.05, 3.63) is 58.2 Å². The van der Waals surface area contributed by atoms with Gasteiger partial charge in [0, 0.05) is 18.4 Å². The van der Waals surface area contributed by atoms with Gasteiger partial charge in [0.15, 0.2) is 0 Å². The number of nitrogens with two attached hydrogens (primary N) is 1. The topological polar surface area (TPSA) is 61.5 Å². The zero-order valence-corrected chi connectivity index (χ0v) is 18.4. The zero-order chi connectivity index (χ0) is 20.2. The summed E-state index contributed by atoms with van der Waals surface area (Å²) in [5.41, 5.74) is 8.38. The second kappa shape index (κ2) is 8.57. The largest absolute Gasteiger partial charge is 0.493 e. The van der Waals surface area contributed by atoms with Crippen molar-refractivity contribution in [1.82, 2.24) is 0 Å². The Morgan fingerprint density at radius 2 is 2.11 bits per heavy atom. The maximum atomic E-state index is 13.2. The lowest BCUT2D eigenvalue weighted by atomic mass is 9.89. The first-order valence-corrected chi connectivity index (χ1v) is 13.5. The van der Waals surface area contributed by atoms with Crippen molar-refractivity contribution in [2.24, 2.45) is 17.6 Å². The van der Waals surface area contributed by atoms with Gasteiger partial charge < -0.3 is 15.2 Å². The summed E-state index contributed by atoms with van der Waals surface area (Å²) < 4.78 is 25.0. The summed E-state index contributed by atoms with van der Waals surface area (Å²) in [6.07, 6.45) is 7.44. The molecule has 2 heterocycles. The van der Waals surface area contributed by atoms with Crippen LogP contribution in [-0.4, -0.2) is 42.4 Å². The van der Waals surface area contributed by atoms with Crippen LogP contribution in [-0.2, 0) is 13.8 Å². The molecule has 0 amide bonds. The van der Waals surface area contributed by atoms with Gasteiger partial charge in [0.2, 0.25) is 0 Å². The van der Waals surface area contributed by atoms with Gasteiger partial charge in [-0.05, 0) is 64.3 Å². The van der Waals surface area contributed by atoms with E-state index >= 15 is 0 Å². The SMILES string of the molecule is C=C(C1CCOC[C@@H]1COc1ccc(C2=CSC=CC2)cc1)S(C)(C)(=O)CN. The first kappa shape index (κ1) is 21.4. The Morgan fingerprint density at radius 3 is 2.75 bits per heavy atom. The Kier molecular flexibility index (Phi) is 6.54. The minimum Gasteiger partial charge on any atom is -0.493 e. The summed E-state index contributed by atoms with van der Waals surface area (Å²) in [5.74, 6) is 1.19. The Morgan fingerprint density at radius 1 is 1.36 bits per heavy atom. The van der Waals surface area contributed by atoms with Gasteiger partial charge in [0.1, 0.15) is 5.75 Å². The summed E-state index contributed by atoms with van der Waals surface area (Å²) in [7, 11) is -3.05. The van der Waals surface area contributed by atoms with Crippen LogP contribution < -0.4 is 10.5 Å². The third-order valence-corrected chi connectivity index (χ3v) is 9.28. The molecule has 0 bridgehead atoms. The number of rotatable bonds is 7. The molecule has 2 aliphatic rings. The number of ether oxygens (including phenoxy) is 2. The van der Waals surface area contributed by atoms with Crippen LogP contribution in [0.5, 0.6) is 5.75 Å². The lowest BCUT2D eigenvalue weighted by Gasteiger charge is -2.42. The maximum Gasteiger partial charge on any atom is 0.119 e. The van der Waals surface area contributed by atoms with E-state index in [4.69, 9.17) is 15.2 Å². The van der Waals surface area contributed by atoms with Crippen LogP contribution in [0.25, 0.3) is 5.57 Å². The summed E-state index contributed by atoms with van der Waals surface area (Å²) in [4.78, 5) is 0.765. The molecule has 3 rings (SSSR count). The number of thioether (sulfide) groups is 1. The third kappa shape index (κ3) is 4.98. The number of benzene rings is 1. The summed E-state index contributed by atoms with van der Waals surface area (Å²) in [6, 6.07) is 8.23. The minimum absolute atomic E-state index is 0.0993. The number of hydrogen-bond acceptors (Lipinski definition) is 5. The molecular formula is C22H31NO3S2. The van der Waals surface area contributed by atoms with Crippen LogP contribution in [0.3, 0.4) is 0 Å². The van der Waals surface area contributed by atoms with Crippen molar-refractivity contribution in [1.29, 1.82) is 0 Å². The van der Waals surface area contributed by atoms with Crippen molar-refractivity contribution in [2.75, 3.05) is 38.2 Å². The van der Waals surface area contributed by atoms with E-state index < -0.39 is 9.07 Å². The Bertz CT molecular complexity index is 836. The van der Waals surface area contributed by atoms with E-state index in [9.17, 15) is 4.21 Å². The van der Waals surface area contributed by atoms with E-state index in [0.29, 0.717) is 19.8 Å². The standard InChI is InChI=1S/C22H31NO3S2/c1-17(28(2,3,24)16-23)22-10-11-25-13-20(22)14-26-21-8-6-18(7-9-21)19-5-4-12-27-15-19/h4,6-9,12,15,20,22H,1,5,10-11,13-14,16,23H2,2-3H3/t20-,22?/m1/s1. The van der Waals surface area contributed by atoms with E-state index in [-0.39, 0.29) is 17.7 Å². The molecule has 0 radical (unpaired) electrons. The van der Waals surface area contributed by atoms with Gasteiger partial charge >= 0.3 is 0 Å². The molecule has 0 spiro atoms. The lowest BCUT2D eigenvalue weighted by Crippen LogP contribution is -2.45. The van der Waals surface area contributed by atoms with Gasteiger partial charge in [0.05, 0.1) is 19.1 Å². The molecule has 0 aliphatic carbocycles. The van der Waals surface area contributed by atoms with Crippen molar-refractivity contribution in [3.63, 3.8) is 0 Å². The fourth-order valence-electron chi connectivity index (χ4n) is 3.52. The molecule has 4 nitrogen and oxygen atoms in total. The normalized spacial score (nSPS) is 24.1. The molecule has 1 fully saturated rings. The minimum atomic E-state index is -3.05. The van der Waals surface area contributed by atoms with E-state index in [1.165, 1.54) is 11.1 Å². The van der Waals surface area contributed by atoms with Crippen molar-refractivity contribution in [3.8, 4) is 5.75 Å². The molecule has 1 unspecified atom stereocenters. The van der Waals surface area contributed by atoms with Crippen molar-refractivity contribution >= 4 is 26.4 Å². The van der Waals surface area contributed by atoms with Gasteiger partial charge in [-0.2, -0.15) is 0 Å². The molecule has 1 aromatic rings. The highest BCUT2D eigenvalue weighted by Gasteiger charge is 2.38. The van der Waals surface area contributed by atoms with Crippen LogP contribution in [0.4, 0.5) is 0 Å². The zero-order valence-electron chi connectivity index (χ0n) is 16.8. The Hall–Kier alpha value is -1.34. The number of allylic oxidation sites excluding steroid dienone is 3. The molecule has 1 saturated heterocycles. The van der Waals surface area contributed by atoms with E-state index in [2.05, 4.69) is 35.6 Å². The van der Waals surface area contributed by atoms with E-state index in [1.807, 2.05) is 12.1 Å². The van der Waals surface area contributed by atoms with Crippen LogP contribution >= 0.6 is 11.8 Å². The first-order chi connectivity index (χ1) is 13.3. The average Bonchev–Trinajstić information content (AvgIpc) is 2.73. The maximum absolute atomic E-state index is 13.2. The molecule has 0 saturated carbocycles. The molecule has 2 aliphatic heterocycles. The smallest absolute Gasteiger partial charge is 0.119 e. The summed E-state index contributed by atoms with van der Waals surface area (Å²) in [5, 5.41) is 4.30. The fourth-order valence-corrected chi connectivity index (χ4v) is 5.67. The molecule has 6 heteroatoms. The predicted molar refractivity (Wildman–Crippen MR) is 122 cm³/mol. The first-order valence-electron chi connectivity index (χ1n) is 9.58. The van der Waals surface area contributed by atoms with Gasteiger partial charge in [-0.15, -0.1) is 11.8 Å².